The average Bonchev–Trinajstić information content (AvgIpc) is 2.70. The maximum Gasteiger partial charge on any atom is 0.435 e. The van der Waals surface area contributed by atoms with E-state index in [0.717, 1.165) is 16.9 Å². The smallest absolute Gasteiger partial charge is 0.219 e. The van der Waals surface area contributed by atoms with Crippen molar-refractivity contribution in [1.29, 1.82) is 0 Å². The molecule has 0 unspecified atom stereocenters. The Balaban J connectivity index is 2.47. The average molecular weight is 284 g/mol. The van der Waals surface area contributed by atoms with Crippen LogP contribution in [-0.4, -0.2) is 25.0 Å². The summed E-state index contributed by atoms with van der Waals surface area (Å²) >= 11 is 11.1. The molecule has 0 fully saturated rings. The van der Waals surface area contributed by atoms with Gasteiger partial charge in [0.2, 0.25) is 5.28 Å². The summed E-state index contributed by atoms with van der Waals surface area (Å²) in [5, 5.41) is 9.56. The first-order valence-electron chi connectivity index (χ1n) is 4.07. The van der Waals surface area contributed by atoms with Gasteiger partial charge in [-0.1, -0.05) is 11.6 Å². The predicted molar refractivity (Wildman–Crippen MR) is 52.0 cm³/mol. The minimum Gasteiger partial charge on any atom is -0.219 e. The van der Waals surface area contributed by atoms with E-state index in [-0.39, 0.29) is 16.3 Å². The van der Waals surface area contributed by atoms with Crippen LogP contribution in [0.15, 0.2) is 12.3 Å². The number of alkyl halides is 3. The van der Waals surface area contributed by atoms with Crippen molar-refractivity contribution in [1.82, 2.24) is 25.0 Å². The molecule has 5 nitrogen and oxygen atoms in total. The molecule has 2 aromatic rings. The highest BCUT2D eigenvalue weighted by Crippen LogP contribution is 2.28. The van der Waals surface area contributed by atoms with Crippen molar-refractivity contribution >= 4 is 23.2 Å². The zero-order chi connectivity index (χ0) is 12.6. The quantitative estimate of drug-likeness (QED) is 0.806. The minimum absolute atomic E-state index is 0.123. The van der Waals surface area contributed by atoms with Gasteiger partial charge in [-0.05, 0) is 17.7 Å². The molecule has 0 aliphatic heterocycles. The van der Waals surface area contributed by atoms with E-state index in [1.54, 1.807) is 0 Å². The zero-order valence-corrected chi connectivity index (χ0v) is 9.29. The molecule has 2 aromatic heterocycles. The summed E-state index contributed by atoms with van der Waals surface area (Å²) in [5.74, 6) is -0.123. The molecule has 0 saturated carbocycles. The van der Waals surface area contributed by atoms with Crippen LogP contribution in [0.1, 0.15) is 5.69 Å². The SMILES string of the molecule is FC(F)(F)c1ccn(-c2nc(Cl)nnc2Cl)n1. The first kappa shape index (κ1) is 12.1. The van der Waals surface area contributed by atoms with Crippen LogP contribution in [0.25, 0.3) is 5.82 Å². The van der Waals surface area contributed by atoms with Crippen LogP contribution in [0.2, 0.25) is 10.4 Å². The molecular formula is C7H2Cl2F3N5. The Morgan fingerprint density at radius 1 is 1.18 bits per heavy atom. The van der Waals surface area contributed by atoms with Crippen LogP contribution < -0.4 is 0 Å². The molecule has 0 aliphatic carbocycles. The summed E-state index contributed by atoms with van der Waals surface area (Å²) in [4.78, 5) is 3.63. The number of rotatable bonds is 1. The van der Waals surface area contributed by atoms with E-state index in [4.69, 9.17) is 23.2 Å². The highest BCUT2D eigenvalue weighted by Gasteiger charge is 2.33. The Bertz CT molecular complexity index is 553. The molecule has 0 amide bonds. The lowest BCUT2D eigenvalue weighted by Crippen LogP contribution is -2.08. The highest BCUT2D eigenvalue weighted by atomic mass is 35.5. The van der Waals surface area contributed by atoms with Crippen molar-refractivity contribution in [2.45, 2.75) is 6.18 Å². The van der Waals surface area contributed by atoms with Crippen molar-refractivity contribution in [2.24, 2.45) is 0 Å². The number of nitrogens with zero attached hydrogens (tertiary/aromatic N) is 5. The van der Waals surface area contributed by atoms with Gasteiger partial charge in [0, 0.05) is 6.20 Å². The van der Waals surface area contributed by atoms with E-state index >= 15 is 0 Å². The fourth-order valence-corrected chi connectivity index (χ4v) is 1.31. The summed E-state index contributed by atoms with van der Waals surface area (Å²) in [6.07, 6.45) is -3.49. The minimum atomic E-state index is -4.54. The molecule has 0 radical (unpaired) electrons. The van der Waals surface area contributed by atoms with Crippen LogP contribution >= 0.6 is 23.2 Å². The molecule has 0 aromatic carbocycles. The normalized spacial score (nSPS) is 11.8. The molecule has 2 heterocycles. The number of hydrogen-bond donors (Lipinski definition) is 0. The van der Waals surface area contributed by atoms with Crippen LogP contribution in [0, 0.1) is 0 Å². The van der Waals surface area contributed by atoms with Gasteiger partial charge in [0.1, 0.15) is 0 Å². The zero-order valence-electron chi connectivity index (χ0n) is 7.78. The molecule has 17 heavy (non-hydrogen) atoms. The van der Waals surface area contributed by atoms with Crippen molar-refractivity contribution < 1.29 is 13.2 Å². The summed E-state index contributed by atoms with van der Waals surface area (Å²) in [6, 6.07) is 0.784. The second-order valence-electron chi connectivity index (χ2n) is 2.84. The first-order chi connectivity index (χ1) is 7.88. The summed E-state index contributed by atoms with van der Waals surface area (Å²) in [7, 11) is 0. The highest BCUT2D eigenvalue weighted by molar-refractivity contribution is 6.31. The van der Waals surface area contributed by atoms with E-state index in [0.29, 0.717) is 0 Å². The maximum absolute atomic E-state index is 12.3. The second-order valence-corrected chi connectivity index (χ2v) is 3.53. The van der Waals surface area contributed by atoms with Gasteiger partial charge in [-0.3, -0.25) is 0 Å². The summed E-state index contributed by atoms with van der Waals surface area (Å²) < 4.78 is 37.8. The van der Waals surface area contributed by atoms with Gasteiger partial charge < -0.3 is 0 Å². The fourth-order valence-electron chi connectivity index (χ4n) is 1.02. The third-order valence-electron chi connectivity index (χ3n) is 1.70. The van der Waals surface area contributed by atoms with Gasteiger partial charge in [0.15, 0.2) is 16.7 Å². The molecule has 0 spiro atoms. The predicted octanol–water partition coefficient (Wildman–Crippen LogP) is 2.38. The first-order valence-corrected chi connectivity index (χ1v) is 4.82. The van der Waals surface area contributed by atoms with Crippen molar-refractivity contribution in [2.75, 3.05) is 0 Å². The van der Waals surface area contributed by atoms with E-state index in [2.05, 4.69) is 20.3 Å². The van der Waals surface area contributed by atoms with E-state index in [1.807, 2.05) is 0 Å². The van der Waals surface area contributed by atoms with Crippen molar-refractivity contribution in [3.8, 4) is 5.82 Å². The van der Waals surface area contributed by atoms with Crippen molar-refractivity contribution in [3.63, 3.8) is 0 Å². The molecule has 0 atom stereocenters. The molecule has 0 N–H and O–H groups in total. The van der Waals surface area contributed by atoms with Gasteiger partial charge in [-0.15, -0.1) is 10.2 Å². The monoisotopic (exact) mass is 283 g/mol. The van der Waals surface area contributed by atoms with E-state index in [1.165, 1.54) is 0 Å². The molecule has 0 saturated heterocycles. The lowest BCUT2D eigenvalue weighted by molar-refractivity contribution is -0.141. The molecular weight excluding hydrogens is 282 g/mol. The van der Waals surface area contributed by atoms with Crippen molar-refractivity contribution in [3.05, 3.63) is 28.4 Å². The number of halogens is 5. The standard InChI is InChI=1S/C7H2Cl2F3N5/c8-4-5(13-6(9)15-14-4)17-2-1-3(16-17)7(10,11)12/h1-2H. The van der Waals surface area contributed by atoms with Crippen LogP contribution in [-0.2, 0) is 6.18 Å². The Labute approximate surface area is 102 Å². The Hall–Kier alpha value is -1.41. The Morgan fingerprint density at radius 2 is 1.88 bits per heavy atom. The molecule has 2 rings (SSSR count). The third kappa shape index (κ3) is 2.47. The lowest BCUT2D eigenvalue weighted by atomic mass is 10.4. The molecule has 90 valence electrons. The Kier molecular flexibility index (Phi) is 2.92. The molecule has 0 aliphatic rings. The summed E-state index contributed by atoms with van der Waals surface area (Å²) in [6.45, 7) is 0. The van der Waals surface area contributed by atoms with Gasteiger partial charge in [-0.25, -0.2) is 4.68 Å². The van der Waals surface area contributed by atoms with E-state index < -0.39 is 11.9 Å². The topological polar surface area (TPSA) is 56.5 Å². The van der Waals surface area contributed by atoms with Crippen LogP contribution in [0.4, 0.5) is 13.2 Å². The van der Waals surface area contributed by atoms with Gasteiger partial charge in [0.25, 0.3) is 0 Å². The second kappa shape index (κ2) is 4.11. The number of hydrogen-bond acceptors (Lipinski definition) is 4. The lowest BCUT2D eigenvalue weighted by Gasteiger charge is -2.03. The molecule has 10 heteroatoms. The maximum atomic E-state index is 12.3. The van der Waals surface area contributed by atoms with Crippen LogP contribution in [0.5, 0.6) is 0 Å². The van der Waals surface area contributed by atoms with E-state index in [9.17, 15) is 13.2 Å². The Morgan fingerprint density at radius 3 is 2.47 bits per heavy atom. The molecule has 0 bridgehead atoms. The van der Waals surface area contributed by atoms with Crippen LogP contribution in [0.3, 0.4) is 0 Å². The third-order valence-corrected chi connectivity index (χ3v) is 2.10. The fraction of sp³-hybridized carbons (Fsp3) is 0.143. The van der Waals surface area contributed by atoms with Gasteiger partial charge in [0.05, 0.1) is 0 Å². The van der Waals surface area contributed by atoms with Gasteiger partial charge in [-0.2, -0.15) is 23.3 Å². The number of aromatic nitrogens is 5. The largest absolute Gasteiger partial charge is 0.435 e. The summed E-state index contributed by atoms with van der Waals surface area (Å²) in [5.41, 5.74) is -1.07. The van der Waals surface area contributed by atoms with Gasteiger partial charge >= 0.3 is 6.18 Å².